The summed E-state index contributed by atoms with van der Waals surface area (Å²) in [7, 11) is 0. The average Bonchev–Trinajstić information content (AvgIpc) is 2.57. The van der Waals surface area contributed by atoms with Crippen molar-refractivity contribution in [3.63, 3.8) is 0 Å². The summed E-state index contributed by atoms with van der Waals surface area (Å²) in [6.45, 7) is 9.23. The summed E-state index contributed by atoms with van der Waals surface area (Å²) in [6.07, 6.45) is 6.18. The van der Waals surface area contributed by atoms with Gasteiger partial charge >= 0.3 is 0 Å². The molecule has 0 bridgehead atoms. The minimum atomic E-state index is 0.103. The summed E-state index contributed by atoms with van der Waals surface area (Å²) in [5, 5.41) is 0. The fraction of sp³-hybridized carbons (Fsp3) is 0.733. The highest BCUT2D eigenvalue weighted by Crippen LogP contribution is 2.56. The summed E-state index contributed by atoms with van der Waals surface area (Å²) in [6, 6.07) is 0. The van der Waals surface area contributed by atoms with E-state index in [1.165, 1.54) is 36.2 Å². The Bertz CT molecular complexity index is 390. The number of fused-ring (bicyclic) bond motifs is 3. The zero-order valence-corrected chi connectivity index (χ0v) is 10.8. The molecular weight excluding hydrogens is 196 g/mol. The molecule has 3 aliphatic rings. The van der Waals surface area contributed by atoms with Gasteiger partial charge in [0, 0.05) is 5.92 Å². The molecule has 2 fully saturated rings. The molecule has 1 heterocycles. The SMILES string of the molecule is CC1=C2O[C@@]3(C)C[C@H](C)C[C@H]3C2=CC(C)C1. The predicted octanol–water partition coefficient (Wildman–Crippen LogP) is 4.06. The molecule has 0 N–H and O–H groups in total. The minimum Gasteiger partial charge on any atom is -0.487 e. The van der Waals surface area contributed by atoms with Crippen LogP contribution in [-0.4, -0.2) is 5.60 Å². The Hall–Kier alpha value is -0.720. The molecule has 1 heteroatoms. The monoisotopic (exact) mass is 218 g/mol. The third kappa shape index (κ3) is 1.30. The predicted molar refractivity (Wildman–Crippen MR) is 65.9 cm³/mol. The maximum absolute atomic E-state index is 6.32. The lowest BCUT2D eigenvalue weighted by atomic mass is 9.82. The van der Waals surface area contributed by atoms with Crippen molar-refractivity contribution >= 4 is 0 Å². The van der Waals surface area contributed by atoms with Gasteiger partial charge < -0.3 is 4.74 Å². The van der Waals surface area contributed by atoms with Gasteiger partial charge in [-0.2, -0.15) is 0 Å². The highest BCUT2D eigenvalue weighted by atomic mass is 16.5. The van der Waals surface area contributed by atoms with E-state index in [1.807, 2.05) is 0 Å². The van der Waals surface area contributed by atoms with E-state index in [4.69, 9.17) is 4.74 Å². The van der Waals surface area contributed by atoms with Gasteiger partial charge in [0.15, 0.2) is 0 Å². The molecule has 3 rings (SSSR count). The smallest absolute Gasteiger partial charge is 0.122 e. The van der Waals surface area contributed by atoms with Crippen molar-refractivity contribution in [2.75, 3.05) is 0 Å². The Labute approximate surface area is 98.6 Å². The summed E-state index contributed by atoms with van der Waals surface area (Å²) in [5.74, 6) is 3.42. The third-order valence-corrected chi connectivity index (χ3v) is 4.58. The van der Waals surface area contributed by atoms with Crippen molar-refractivity contribution in [2.24, 2.45) is 17.8 Å². The molecule has 88 valence electrons. The molecule has 0 aromatic heterocycles. The van der Waals surface area contributed by atoms with E-state index >= 15 is 0 Å². The minimum absolute atomic E-state index is 0.103. The number of allylic oxidation sites excluding steroid dienone is 3. The fourth-order valence-corrected chi connectivity index (χ4v) is 4.05. The maximum Gasteiger partial charge on any atom is 0.122 e. The van der Waals surface area contributed by atoms with E-state index < -0.39 is 0 Å². The van der Waals surface area contributed by atoms with Gasteiger partial charge in [0.25, 0.3) is 0 Å². The third-order valence-electron chi connectivity index (χ3n) is 4.58. The van der Waals surface area contributed by atoms with Crippen LogP contribution in [0, 0.1) is 17.8 Å². The number of hydrogen-bond donors (Lipinski definition) is 0. The number of hydrogen-bond acceptors (Lipinski definition) is 1. The van der Waals surface area contributed by atoms with Gasteiger partial charge in [-0.05, 0) is 56.1 Å². The van der Waals surface area contributed by atoms with Crippen LogP contribution in [0.15, 0.2) is 23.0 Å². The first-order valence-corrected chi connectivity index (χ1v) is 6.60. The molecule has 4 atom stereocenters. The summed E-state index contributed by atoms with van der Waals surface area (Å²) >= 11 is 0. The van der Waals surface area contributed by atoms with Crippen molar-refractivity contribution in [3.05, 3.63) is 23.0 Å². The Morgan fingerprint density at radius 3 is 2.88 bits per heavy atom. The molecule has 1 saturated carbocycles. The van der Waals surface area contributed by atoms with E-state index in [0.717, 1.165) is 5.92 Å². The van der Waals surface area contributed by atoms with Crippen LogP contribution in [0.2, 0.25) is 0 Å². The highest BCUT2D eigenvalue weighted by molar-refractivity contribution is 5.43. The molecule has 2 aliphatic carbocycles. The van der Waals surface area contributed by atoms with Gasteiger partial charge in [-0.1, -0.05) is 19.9 Å². The standard InChI is InChI=1S/C15H22O/c1-9-5-11(3)14-12(6-9)13-7-10(2)8-15(13,4)16-14/h6,9-10,13H,5,7-8H2,1-4H3/t9?,10-,13+,15+/m1/s1. The zero-order valence-electron chi connectivity index (χ0n) is 10.8. The van der Waals surface area contributed by atoms with Crippen LogP contribution in [0.3, 0.4) is 0 Å². The second-order valence-corrected chi connectivity index (χ2v) is 6.43. The lowest BCUT2D eigenvalue weighted by Gasteiger charge is -2.23. The van der Waals surface area contributed by atoms with Crippen molar-refractivity contribution in [1.29, 1.82) is 0 Å². The van der Waals surface area contributed by atoms with Gasteiger partial charge in [0.1, 0.15) is 11.4 Å². The van der Waals surface area contributed by atoms with Crippen LogP contribution < -0.4 is 0 Å². The molecule has 0 aromatic carbocycles. The van der Waals surface area contributed by atoms with Crippen molar-refractivity contribution in [1.82, 2.24) is 0 Å². The Morgan fingerprint density at radius 2 is 2.12 bits per heavy atom. The van der Waals surface area contributed by atoms with Gasteiger partial charge in [0.05, 0.1) is 0 Å². The second kappa shape index (κ2) is 3.15. The normalized spacial score (nSPS) is 46.2. The first-order chi connectivity index (χ1) is 7.49. The lowest BCUT2D eigenvalue weighted by Crippen LogP contribution is -2.25. The van der Waals surface area contributed by atoms with E-state index in [2.05, 4.69) is 33.8 Å². The summed E-state index contributed by atoms with van der Waals surface area (Å²) in [5.41, 5.74) is 3.10. The van der Waals surface area contributed by atoms with Crippen LogP contribution >= 0.6 is 0 Å². The van der Waals surface area contributed by atoms with Crippen molar-refractivity contribution < 1.29 is 4.74 Å². The first kappa shape index (κ1) is 10.4. The molecule has 0 aromatic rings. The molecule has 1 saturated heterocycles. The Morgan fingerprint density at radius 1 is 1.38 bits per heavy atom. The molecule has 1 aliphatic heterocycles. The van der Waals surface area contributed by atoms with Crippen LogP contribution in [0.5, 0.6) is 0 Å². The van der Waals surface area contributed by atoms with Crippen LogP contribution in [0.1, 0.15) is 47.0 Å². The van der Waals surface area contributed by atoms with Crippen LogP contribution in [-0.2, 0) is 4.74 Å². The van der Waals surface area contributed by atoms with E-state index in [-0.39, 0.29) is 5.60 Å². The van der Waals surface area contributed by atoms with Crippen LogP contribution in [0.4, 0.5) is 0 Å². The highest BCUT2D eigenvalue weighted by Gasteiger charge is 2.53. The topological polar surface area (TPSA) is 9.23 Å². The lowest BCUT2D eigenvalue weighted by molar-refractivity contribution is 0.0373. The number of rotatable bonds is 0. The molecule has 0 spiro atoms. The Kier molecular flexibility index (Phi) is 2.05. The van der Waals surface area contributed by atoms with Crippen LogP contribution in [0.25, 0.3) is 0 Å². The zero-order chi connectivity index (χ0) is 11.5. The van der Waals surface area contributed by atoms with Crippen molar-refractivity contribution in [3.8, 4) is 0 Å². The number of ether oxygens (including phenoxy) is 1. The Balaban J connectivity index is 2.04. The molecule has 0 amide bonds. The second-order valence-electron chi connectivity index (χ2n) is 6.43. The van der Waals surface area contributed by atoms with Gasteiger partial charge in [-0.3, -0.25) is 0 Å². The van der Waals surface area contributed by atoms with E-state index in [1.54, 1.807) is 0 Å². The van der Waals surface area contributed by atoms with E-state index in [9.17, 15) is 0 Å². The molecule has 0 radical (unpaired) electrons. The average molecular weight is 218 g/mol. The quantitative estimate of drug-likeness (QED) is 0.595. The molecule has 1 nitrogen and oxygen atoms in total. The van der Waals surface area contributed by atoms with E-state index in [0.29, 0.717) is 11.8 Å². The van der Waals surface area contributed by atoms with Gasteiger partial charge in [0.2, 0.25) is 0 Å². The fourth-order valence-electron chi connectivity index (χ4n) is 4.05. The molecule has 16 heavy (non-hydrogen) atoms. The summed E-state index contributed by atoms with van der Waals surface area (Å²) < 4.78 is 6.32. The first-order valence-electron chi connectivity index (χ1n) is 6.60. The maximum atomic E-state index is 6.32. The van der Waals surface area contributed by atoms with Crippen molar-refractivity contribution in [2.45, 2.75) is 52.6 Å². The summed E-state index contributed by atoms with van der Waals surface area (Å²) in [4.78, 5) is 0. The van der Waals surface area contributed by atoms with Gasteiger partial charge in [-0.25, -0.2) is 0 Å². The molecule has 1 unspecified atom stereocenters. The molecular formula is C15H22O. The largest absolute Gasteiger partial charge is 0.487 e. The van der Waals surface area contributed by atoms with Gasteiger partial charge in [-0.15, -0.1) is 0 Å².